The topological polar surface area (TPSA) is 55.0 Å². The van der Waals surface area contributed by atoms with Gasteiger partial charge in [-0.05, 0) is 23.8 Å². The first-order chi connectivity index (χ1) is 13.0. The van der Waals surface area contributed by atoms with Crippen molar-refractivity contribution in [3.8, 4) is 0 Å². The fourth-order valence-corrected chi connectivity index (χ4v) is 3.72. The van der Waals surface area contributed by atoms with Crippen molar-refractivity contribution < 1.29 is 14.1 Å². The van der Waals surface area contributed by atoms with Gasteiger partial charge < -0.3 is 14.2 Å². The number of nitrogens with zero attached hydrogens (tertiary/aromatic N) is 1. The Morgan fingerprint density at radius 1 is 1.11 bits per heavy atom. The largest absolute Gasteiger partial charge is 0.450 e. The van der Waals surface area contributed by atoms with Gasteiger partial charge in [0.15, 0.2) is 5.43 Å². The van der Waals surface area contributed by atoms with Gasteiger partial charge in [-0.15, -0.1) is 0 Å². The molecule has 0 unspecified atom stereocenters. The number of carbonyl (C=O) groups excluding carboxylic acids is 1. The molecule has 1 aromatic heterocycles. The first-order valence-corrected chi connectivity index (χ1v) is 9.26. The van der Waals surface area contributed by atoms with Gasteiger partial charge in [0, 0.05) is 5.02 Å². The molecule has 0 radical (unpaired) electrons. The molecule has 1 amide bonds. The van der Waals surface area contributed by atoms with Crippen LogP contribution >= 0.6 is 11.6 Å². The summed E-state index contributed by atoms with van der Waals surface area (Å²) in [5.74, 6) is -0.105. The number of quaternary nitrogens is 1. The highest BCUT2D eigenvalue weighted by molar-refractivity contribution is 6.31. The van der Waals surface area contributed by atoms with Crippen LogP contribution in [-0.4, -0.2) is 38.0 Å². The third-order valence-electron chi connectivity index (χ3n) is 4.90. The molecule has 2 heterocycles. The Balaban J connectivity index is 1.95. The molecule has 0 saturated carbocycles. The monoisotopic (exact) mass is 383 g/mol. The van der Waals surface area contributed by atoms with Crippen LogP contribution in [-0.2, 0) is 0 Å². The van der Waals surface area contributed by atoms with Gasteiger partial charge >= 0.3 is 0 Å². The van der Waals surface area contributed by atoms with Crippen molar-refractivity contribution in [1.29, 1.82) is 0 Å². The van der Waals surface area contributed by atoms with Crippen LogP contribution in [0, 0.1) is 0 Å². The number of benzene rings is 2. The molecule has 0 aliphatic carbocycles. The molecule has 1 N–H and O–H groups in total. The van der Waals surface area contributed by atoms with E-state index in [0.717, 1.165) is 12.1 Å². The van der Waals surface area contributed by atoms with Gasteiger partial charge in [-0.1, -0.05) is 41.9 Å². The molecule has 6 heteroatoms. The summed E-state index contributed by atoms with van der Waals surface area (Å²) < 4.78 is 5.88. The SMILES string of the molecule is C[NH+](C)CCN1C(=O)c2oc3ccc(Cl)cc3c(=O)c2[C@@H]1c1ccccc1. The van der Waals surface area contributed by atoms with Gasteiger partial charge in [-0.2, -0.15) is 0 Å². The van der Waals surface area contributed by atoms with E-state index in [1.165, 1.54) is 4.90 Å². The second kappa shape index (κ2) is 6.83. The lowest BCUT2D eigenvalue weighted by molar-refractivity contribution is -0.857. The minimum absolute atomic E-state index is 0.137. The number of amides is 1. The van der Waals surface area contributed by atoms with Gasteiger partial charge in [0.25, 0.3) is 5.91 Å². The Bertz CT molecular complexity index is 1080. The molecular formula is C21H20ClN2O3+. The van der Waals surface area contributed by atoms with E-state index < -0.39 is 6.04 Å². The van der Waals surface area contributed by atoms with Crippen LogP contribution < -0.4 is 10.3 Å². The predicted molar refractivity (Wildman–Crippen MR) is 104 cm³/mol. The van der Waals surface area contributed by atoms with Crippen LogP contribution in [0.3, 0.4) is 0 Å². The number of halogens is 1. The zero-order valence-corrected chi connectivity index (χ0v) is 15.9. The first-order valence-electron chi connectivity index (χ1n) is 8.88. The Hall–Kier alpha value is -2.63. The average Bonchev–Trinajstić information content (AvgIpc) is 2.94. The predicted octanol–water partition coefficient (Wildman–Crippen LogP) is 2.14. The second-order valence-corrected chi connectivity index (χ2v) is 7.52. The molecule has 2 aromatic carbocycles. The maximum atomic E-state index is 13.3. The molecule has 0 fully saturated rings. The van der Waals surface area contributed by atoms with Crippen LogP contribution in [0.15, 0.2) is 57.7 Å². The number of fused-ring (bicyclic) bond motifs is 2. The lowest BCUT2D eigenvalue weighted by Gasteiger charge is -2.25. The number of likely N-dealkylation sites (N-methyl/N-ethyl adjacent to an activating group) is 1. The highest BCUT2D eigenvalue weighted by Crippen LogP contribution is 2.37. The van der Waals surface area contributed by atoms with Gasteiger partial charge in [-0.25, -0.2) is 0 Å². The van der Waals surface area contributed by atoms with E-state index in [2.05, 4.69) is 0 Å². The molecule has 3 aromatic rings. The molecular weight excluding hydrogens is 364 g/mol. The van der Waals surface area contributed by atoms with E-state index in [9.17, 15) is 9.59 Å². The van der Waals surface area contributed by atoms with Gasteiger partial charge in [0.05, 0.1) is 44.2 Å². The van der Waals surface area contributed by atoms with Crippen LogP contribution in [0.1, 0.15) is 27.7 Å². The quantitative estimate of drug-likeness (QED) is 0.751. The van der Waals surface area contributed by atoms with E-state index in [-0.39, 0.29) is 17.1 Å². The fraction of sp³-hybridized carbons (Fsp3) is 0.238. The molecule has 1 aliphatic heterocycles. The Morgan fingerprint density at radius 3 is 2.56 bits per heavy atom. The van der Waals surface area contributed by atoms with Crippen molar-refractivity contribution >= 4 is 28.5 Å². The summed E-state index contributed by atoms with van der Waals surface area (Å²) in [6.45, 7) is 1.30. The molecule has 4 rings (SSSR count). The molecule has 5 nitrogen and oxygen atoms in total. The van der Waals surface area contributed by atoms with Crippen LogP contribution in [0.2, 0.25) is 5.02 Å². The summed E-state index contributed by atoms with van der Waals surface area (Å²) in [6, 6.07) is 14.0. The highest BCUT2D eigenvalue weighted by atomic mass is 35.5. The Labute approximate surface area is 161 Å². The minimum Gasteiger partial charge on any atom is -0.450 e. The first kappa shape index (κ1) is 17.8. The standard InChI is InChI=1S/C21H19ClN2O3/c1-23(2)10-11-24-18(13-6-4-3-5-7-13)17-19(25)15-12-14(22)8-9-16(15)27-20(17)21(24)26/h3-9,12,18H,10-11H2,1-2H3/p+1/t18-/m0/s1. The van der Waals surface area contributed by atoms with Crippen molar-refractivity contribution in [1.82, 2.24) is 4.90 Å². The molecule has 0 spiro atoms. The van der Waals surface area contributed by atoms with E-state index in [4.69, 9.17) is 16.0 Å². The minimum atomic E-state index is -0.451. The fourth-order valence-electron chi connectivity index (χ4n) is 3.55. The summed E-state index contributed by atoms with van der Waals surface area (Å²) in [5.41, 5.74) is 1.47. The third kappa shape index (κ3) is 3.03. The Morgan fingerprint density at radius 2 is 1.85 bits per heavy atom. The zero-order valence-electron chi connectivity index (χ0n) is 15.2. The van der Waals surface area contributed by atoms with E-state index in [1.807, 2.05) is 44.4 Å². The lowest BCUT2D eigenvalue weighted by atomic mass is 9.98. The van der Waals surface area contributed by atoms with Crippen molar-refractivity contribution in [2.45, 2.75) is 6.04 Å². The van der Waals surface area contributed by atoms with Crippen LogP contribution in [0.25, 0.3) is 11.0 Å². The molecule has 0 saturated heterocycles. The average molecular weight is 384 g/mol. The van der Waals surface area contributed by atoms with E-state index >= 15 is 0 Å². The number of nitrogens with one attached hydrogen (secondary N) is 1. The van der Waals surface area contributed by atoms with Crippen molar-refractivity contribution in [3.63, 3.8) is 0 Å². The van der Waals surface area contributed by atoms with Crippen molar-refractivity contribution in [2.24, 2.45) is 0 Å². The lowest BCUT2D eigenvalue weighted by Crippen LogP contribution is -3.06. The number of carbonyl (C=O) groups is 1. The molecule has 1 aliphatic rings. The van der Waals surface area contributed by atoms with Crippen LogP contribution in [0.5, 0.6) is 0 Å². The second-order valence-electron chi connectivity index (χ2n) is 7.08. The number of hydrogen-bond donors (Lipinski definition) is 1. The summed E-state index contributed by atoms with van der Waals surface area (Å²) >= 11 is 6.08. The van der Waals surface area contributed by atoms with Gasteiger partial charge in [0.2, 0.25) is 5.76 Å². The number of hydrogen-bond acceptors (Lipinski definition) is 3. The van der Waals surface area contributed by atoms with Crippen molar-refractivity contribution in [3.05, 3.63) is 80.7 Å². The van der Waals surface area contributed by atoms with Crippen molar-refractivity contribution in [2.75, 3.05) is 27.2 Å². The van der Waals surface area contributed by atoms with E-state index in [0.29, 0.717) is 28.1 Å². The Kier molecular flexibility index (Phi) is 4.50. The van der Waals surface area contributed by atoms with Gasteiger partial charge in [-0.3, -0.25) is 9.59 Å². The zero-order chi connectivity index (χ0) is 19.1. The highest BCUT2D eigenvalue weighted by Gasteiger charge is 2.42. The molecule has 138 valence electrons. The number of rotatable bonds is 4. The maximum Gasteiger partial charge on any atom is 0.291 e. The summed E-state index contributed by atoms with van der Waals surface area (Å²) in [6.07, 6.45) is 0. The molecule has 1 atom stereocenters. The van der Waals surface area contributed by atoms with Crippen LogP contribution in [0.4, 0.5) is 0 Å². The summed E-state index contributed by atoms with van der Waals surface area (Å²) in [5, 5.41) is 0.860. The molecule has 27 heavy (non-hydrogen) atoms. The normalized spacial score (nSPS) is 16.4. The third-order valence-corrected chi connectivity index (χ3v) is 5.13. The van der Waals surface area contributed by atoms with E-state index in [1.54, 1.807) is 23.1 Å². The van der Waals surface area contributed by atoms with Gasteiger partial charge in [0.1, 0.15) is 5.58 Å². The maximum absolute atomic E-state index is 13.3. The summed E-state index contributed by atoms with van der Waals surface area (Å²) in [7, 11) is 4.07. The summed E-state index contributed by atoms with van der Waals surface area (Å²) in [4.78, 5) is 29.4. The smallest absolute Gasteiger partial charge is 0.291 e. The molecule has 0 bridgehead atoms.